The Bertz CT molecular complexity index is 515. The highest BCUT2D eigenvalue weighted by Gasteiger charge is 2.41. The Labute approximate surface area is 124 Å². The molecule has 1 unspecified atom stereocenters. The van der Waals surface area contributed by atoms with Gasteiger partial charge in [-0.1, -0.05) is 12.1 Å². The molecule has 1 aliphatic rings. The van der Waals surface area contributed by atoms with Gasteiger partial charge in [0.1, 0.15) is 0 Å². The largest absolute Gasteiger partial charge is 0.359 e. The number of nitrogens with one attached hydrogen (secondary N) is 1. The second-order valence-corrected chi connectivity index (χ2v) is 5.71. The maximum atomic E-state index is 12.4. The van der Waals surface area contributed by atoms with Crippen LogP contribution < -0.4 is 5.32 Å². The molecule has 0 spiro atoms. The van der Waals surface area contributed by atoms with Gasteiger partial charge in [0.25, 0.3) is 5.91 Å². The zero-order valence-corrected chi connectivity index (χ0v) is 12.5. The normalized spacial score (nSPS) is 21.9. The molecule has 0 saturated carbocycles. The van der Waals surface area contributed by atoms with E-state index in [4.69, 9.17) is 11.6 Å². The third-order valence-corrected chi connectivity index (χ3v) is 4.20. The lowest BCUT2D eigenvalue weighted by molar-refractivity contribution is -0.128. The lowest BCUT2D eigenvalue weighted by atomic mass is 9.89. The Morgan fingerprint density at radius 3 is 2.55 bits per heavy atom. The van der Waals surface area contributed by atoms with E-state index in [1.54, 1.807) is 24.1 Å². The summed E-state index contributed by atoms with van der Waals surface area (Å²) >= 11 is 5.73. The fourth-order valence-corrected chi connectivity index (χ4v) is 2.72. The number of alkyl halides is 1. The summed E-state index contributed by atoms with van der Waals surface area (Å²) in [6, 6.07) is 7.29. The third kappa shape index (κ3) is 2.80. The maximum Gasteiger partial charge on any atom is 0.253 e. The first-order chi connectivity index (χ1) is 9.50. The van der Waals surface area contributed by atoms with Crippen LogP contribution in [0.5, 0.6) is 0 Å². The minimum atomic E-state index is -0.486. The highest BCUT2D eigenvalue weighted by atomic mass is 35.5. The van der Waals surface area contributed by atoms with Crippen molar-refractivity contribution < 1.29 is 9.59 Å². The maximum absolute atomic E-state index is 12.4. The van der Waals surface area contributed by atoms with E-state index in [1.165, 1.54) is 0 Å². The first-order valence-electron chi connectivity index (χ1n) is 6.66. The Balaban J connectivity index is 2.09. The van der Waals surface area contributed by atoms with Crippen molar-refractivity contribution in [2.24, 2.45) is 5.41 Å². The summed E-state index contributed by atoms with van der Waals surface area (Å²) < 4.78 is 0. The van der Waals surface area contributed by atoms with Crippen molar-refractivity contribution in [3.05, 3.63) is 35.4 Å². The lowest BCUT2D eigenvalue weighted by Crippen LogP contribution is -2.40. The third-order valence-electron chi connectivity index (χ3n) is 3.89. The molecule has 4 nitrogen and oxygen atoms in total. The zero-order chi connectivity index (χ0) is 14.8. The van der Waals surface area contributed by atoms with Gasteiger partial charge in [0.15, 0.2) is 0 Å². The average molecular weight is 295 g/mol. The van der Waals surface area contributed by atoms with Crippen molar-refractivity contribution >= 4 is 23.4 Å². The summed E-state index contributed by atoms with van der Waals surface area (Å²) in [4.78, 5) is 26.0. The second kappa shape index (κ2) is 5.83. The highest BCUT2D eigenvalue weighted by molar-refractivity contribution is 6.17. The number of carbonyl (C=O) groups excluding carboxylic acids is 2. The number of carbonyl (C=O) groups is 2. The van der Waals surface area contributed by atoms with E-state index in [2.05, 4.69) is 5.32 Å². The number of hydrogen-bond acceptors (Lipinski definition) is 2. The molecule has 0 radical (unpaired) electrons. The van der Waals surface area contributed by atoms with Crippen LogP contribution in [0.1, 0.15) is 29.3 Å². The predicted octanol–water partition coefficient (Wildman–Crippen LogP) is 2.02. The van der Waals surface area contributed by atoms with Crippen LogP contribution in [0.2, 0.25) is 0 Å². The number of nitrogens with zero attached hydrogens (tertiary/aromatic N) is 1. The number of benzene rings is 1. The number of hydrogen-bond donors (Lipinski definition) is 1. The molecule has 5 heteroatoms. The summed E-state index contributed by atoms with van der Waals surface area (Å²) in [5.41, 5.74) is 1.14. The van der Waals surface area contributed by atoms with Crippen LogP contribution in [-0.4, -0.2) is 36.9 Å². The first kappa shape index (κ1) is 14.9. The molecule has 1 fully saturated rings. The van der Waals surface area contributed by atoms with Gasteiger partial charge in [-0.3, -0.25) is 9.59 Å². The van der Waals surface area contributed by atoms with Gasteiger partial charge >= 0.3 is 0 Å². The molecule has 1 atom stereocenters. The number of halogens is 1. The van der Waals surface area contributed by atoms with Gasteiger partial charge in [-0.25, -0.2) is 0 Å². The van der Waals surface area contributed by atoms with Crippen LogP contribution in [0, 0.1) is 5.41 Å². The van der Waals surface area contributed by atoms with Crippen LogP contribution >= 0.6 is 11.6 Å². The molecule has 1 aliphatic heterocycles. The molecule has 20 heavy (non-hydrogen) atoms. The molecule has 2 rings (SSSR count). The number of likely N-dealkylation sites (tertiary alicyclic amines) is 1. The topological polar surface area (TPSA) is 49.4 Å². The van der Waals surface area contributed by atoms with Gasteiger partial charge in [0, 0.05) is 31.6 Å². The van der Waals surface area contributed by atoms with E-state index in [1.807, 2.05) is 19.1 Å². The van der Waals surface area contributed by atoms with Crippen LogP contribution in [-0.2, 0) is 10.7 Å². The Morgan fingerprint density at radius 2 is 2.00 bits per heavy atom. The fraction of sp³-hybridized carbons (Fsp3) is 0.467. The van der Waals surface area contributed by atoms with E-state index >= 15 is 0 Å². The molecule has 1 heterocycles. The van der Waals surface area contributed by atoms with Crippen LogP contribution in [0.15, 0.2) is 24.3 Å². The summed E-state index contributed by atoms with van der Waals surface area (Å²) in [5, 5.41) is 2.67. The molecule has 2 amide bonds. The van der Waals surface area contributed by atoms with Gasteiger partial charge < -0.3 is 10.2 Å². The molecule has 1 saturated heterocycles. The van der Waals surface area contributed by atoms with E-state index in [9.17, 15) is 9.59 Å². The lowest BCUT2D eigenvalue weighted by Gasteiger charge is -2.22. The molecule has 1 N–H and O–H groups in total. The predicted molar refractivity (Wildman–Crippen MR) is 78.7 cm³/mol. The summed E-state index contributed by atoms with van der Waals surface area (Å²) in [5.74, 6) is 0.400. The Kier molecular flexibility index (Phi) is 4.33. The smallest absolute Gasteiger partial charge is 0.253 e. The second-order valence-electron chi connectivity index (χ2n) is 5.45. The summed E-state index contributed by atoms with van der Waals surface area (Å²) in [6.45, 7) is 2.97. The molecular weight excluding hydrogens is 276 g/mol. The number of rotatable bonds is 3. The number of amides is 2. The quantitative estimate of drug-likeness (QED) is 0.867. The van der Waals surface area contributed by atoms with Crippen molar-refractivity contribution in [2.45, 2.75) is 19.2 Å². The standard InChI is InChI=1S/C15H19ClN2O2/c1-15(14(20)17-2)7-8-18(10-15)13(19)12-5-3-11(9-16)4-6-12/h3-6H,7-10H2,1-2H3,(H,17,20). The van der Waals surface area contributed by atoms with Crippen LogP contribution in [0.3, 0.4) is 0 Å². The van der Waals surface area contributed by atoms with E-state index in [0.717, 1.165) is 5.56 Å². The van der Waals surface area contributed by atoms with Gasteiger partial charge in [-0.05, 0) is 31.0 Å². The first-order valence-corrected chi connectivity index (χ1v) is 7.20. The summed E-state index contributed by atoms with van der Waals surface area (Å²) in [6.07, 6.45) is 0.693. The zero-order valence-electron chi connectivity index (χ0n) is 11.8. The molecule has 0 aromatic heterocycles. The monoisotopic (exact) mass is 294 g/mol. The van der Waals surface area contributed by atoms with Crippen molar-refractivity contribution in [2.75, 3.05) is 20.1 Å². The summed E-state index contributed by atoms with van der Waals surface area (Å²) in [7, 11) is 1.63. The van der Waals surface area contributed by atoms with E-state index in [0.29, 0.717) is 31.0 Å². The van der Waals surface area contributed by atoms with Crippen LogP contribution in [0.25, 0.3) is 0 Å². The Morgan fingerprint density at radius 1 is 1.35 bits per heavy atom. The Hall–Kier alpha value is -1.55. The molecule has 0 bridgehead atoms. The van der Waals surface area contributed by atoms with E-state index in [-0.39, 0.29) is 11.8 Å². The van der Waals surface area contributed by atoms with Crippen molar-refractivity contribution in [1.82, 2.24) is 10.2 Å². The van der Waals surface area contributed by atoms with Gasteiger partial charge in [-0.2, -0.15) is 0 Å². The van der Waals surface area contributed by atoms with Gasteiger partial charge in [0.2, 0.25) is 5.91 Å². The van der Waals surface area contributed by atoms with Crippen LogP contribution in [0.4, 0.5) is 0 Å². The molecular formula is C15H19ClN2O2. The van der Waals surface area contributed by atoms with Crippen molar-refractivity contribution in [1.29, 1.82) is 0 Å². The minimum Gasteiger partial charge on any atom is -0.359 e. The molecule has 1 aromatic rings. The molecule has 1 aromatic carbocycles. The molecule has 0 aliphatic carbocycles. The van der Waals surface area contributed by atoms with E-state index < -0.39 is 5.41 Å². The SMILES string of the molecule is CNC(=O)C1(C)CCN(C(=O)c2ccc(CCl)cc2)C1. The molecule has 108 valence electrons. The van der Waals surface area contributed by atoms with Gasteiger partial charge in [0.05, 0.1) is 5.41 Å². The minimum absolute atomic E-state index is 0.00899. The fourth-order valence-electron chi connectivity index (χ4n) is 2.54. The average Bonchev–Trinajstić information content (AvgIpc) is 2.89. The van der Waals surface area contributed by atoms with Crippen molar-refractivity contribution in [3.8, 4) is 0 Å². The van der Waals surface area contributed by atoms with Crippen molar-refractivity contribution in [3.63, 3.8) is 0 Å². The van der Waals surface area contributed by atoms with Gasteiger partial charge in [-0.15, -0.1) is 11.6 Å². The highest BCUT2D eigenvalue weighted by Crippen LogP contribution is 2.31.